The van der Waals surface area contributed by atoms with E-state index in [0.717, 1.165) is 30.2 Å². The number of hydrogen-bond donors (Lipinski definition) is 0. The van der Waals surface area contributed by atoms with E-state index in [-0.39, 0.29) is 11.3 Å². The van der Waals surface area contributed by atoms with Crippen LogP contribution in [0, 0.1) is 10.1 Å². The number of nitro groups is 1. The van der Waals surface area contributed by atoms with Crippen molar-refractivity contribution in [1.82, 2.24) is 9.55 Å². The average Bonchev–Trinajstić information content (AvgIpc) is 2.96. The van der Waals surface area contributed by atoms with Crippen LogP contribution in [0.15, 0.2) is 18.2 Å². The lowest BCUT2D eigenvalue weighted by molar-refractivity contribution is -0.385. The first-order chi connectivity index (χ1) is 12.3. The summed E-state index contributed by atoms with van der Waals surface area (Å²) in [5.74, 6) is 0.677. The van der Waals surface area contributed by atoms with E-state index in [1.807, 2.05) is 7.05 Å². The second-order valence-corrected chi connectivity index (χ2v) is 6.70. The largest absolute Gasteiger partial charge is 0.465 e. The maximum absolute atomic E-state index is 11.9. The second-order valence-electron chi connectivity index (χ2n) is 6.70. The van der Waals surface area contributed by atoms with Gasteiger partial charge in [0.05, 0.1) is 24.3 Å². The van der Waals surface area contributed by atoms with Crippen molar-refractivity contribution in [3.8, 4) is 0 Å². The number of carbonyl (C=O) groups excluding carboxylic acids is 1. The number of hydrogen-bond acceptors (Lipinski definition) is 6. The topological polar surface area (TPSA) is 90.5 Å². The minimum atomic E-state index is -0.712. The zero-order valence-electron chi connectivity index (χ0n) is 15.4. The normalized spacial score (nSPS) is 13.7. The lowest BCUT2D eigenvalue weighted by Gasteiger charge is -2.29. The molecule has 0 saturated heterocycles. The highest BCUT2D eigenvalue weighted by atomic mass is 16.6. The summed E-state index contributed by atoms with van der Waals surface area (Å²) < 4.78 is 6.85. The van der Waals surface area contributed by atoms with E-state index < -0.39 is 10.9 Å². The van der Waals surface area contributed by atoms with Crippen LogP contribution in [0.3, 0.4) is 0 Å². The number of esters is 1. The van der Waals surface area contributed by atoms with E-state index in [1.165, 1.54) is 24.9 Å². The molecule has 8 heteroatoms. The Labute approximate surface area is 151 Å². The average molecular weight is 358 g/mol. The molecule has 0 bridgehead atoms. The van der Waals surface area contributed by atoms with Gasteiger partial charge in [-0.05, 0) is 12.1 Å². The van der Waals surface area contributed by atoms with Crippen LogP contribution < -0.4 is 4.90 Å². The number of carbonyl (C=O) groups is 1. The van der Waals surface area contributed by atoms with Crippen molar-refractivity contribution in [2.75, 3.05) is 18.6 Å². The van der Waals surface area contributed by atoms with Crippen molar-refractivity contribution in [3.63, 3.8) is 0 Å². The number of nitro benzene ring substituents is 1. The van der Waals surface area contributed by atoms with Gasteiger partial charge in [0.1, 0.15) is 11.4 Å². The fraction of sp³-hybridized carbons (Fsp3) is 0.444. The van der Waals surface area contributed by atoms with Gasteiger partial charge in [0.25, 0.3) is 5.69 Å². The summed E-state index contributed by atoms with van der Waals surface area (Å²) >= 11 is 0. The molecule has 0 radical (unpaired) electrons. The van der Waals surface area contributed by atoms with Gasteiger partial charge >= 0.3 is 5.97 Å². The standard InChI is InChI=1S/C18H22N4O4/c1-11(2)17-19-14-10-21(8-7-16(14)20(17)3)12-5-6-15(22(24)25)13(9-12)18(23)26-4/h5-6,9,11H,7-8,10H2,1-4H3. The Balaban J connectivity index is 1.95. The lowest BCUT2D eigenvalue weighted by atomic mass is 10.1. The zero-order valence-corrected chi connectivity index (χ0v) is 15.4. The minimum absolute atomic E-state index is 0.0373. The highest BCUT2D eigenvalue weighted by molar-refractivity contribution is 5.95. The van der Waals surface area contributed by atoms with Gasteiger partial charge in [-0.15, -0.1) is 0 Å². The van der Waals surface area contributed by atoms with E-state index in [2.05, 4.69) is 23.3 Å². The fourth-order valence-corrected chi connectivity index (χ4v) is 3.44. The summed E-state index contributed by atoms with van der Waals surface area (Å²) in [6.07, 6.45) is 0.829. The third-order valence-corrected chi connectivity index (χ3v) is 4.75. The summed E-state index contributed by atoms with van der Waals surface area (Å²) in [4.78, 5) is 29.4. The Bertz CT molecular complexity index is 872. The van der Waals surface area contributed by atoms with E-state index in [4.69, 9.17) is 9.72 Å². The Kier molecular flexibility index (Phi) is 4.67. The number of imidazole rings is 1. The molecule has 0 spiro atoms. The molecule has 2 heterocycles. The van der Waals surface area contributed by atoms with Crippen LogP contribution in [0.4, 0.5) is 11.4 Å². The van der Waals surface area contributed by atoms with Gasteiger partial charge in [-0.1, -0.05) is 13.8 Å². The Morgan fingerprint density at radius 3 is 2.73 bits per heavy atom. The van der Waals surface area contributed by atoms with Crippen molar-refractivity contribution in [3.05, 3.63) is 51.1 Å². The predicted molar refractivity (Wildman–Crippen MR) is 96.5 cm³/mol. The van der Waals surface area contributed by atoms with Crippen LogP contribution in [0.1, 0.15) is 47.3 Å². The lowest BCUT2D eigenvalue weighted by Crippen LogP contribution is -2.31. The quantitative estimate of drug-likeness (QED) is 0.474. The fourth-order valence-electron chi connectivity index (χ4n) is 3.44. The van der Waals surface area contributed by atoms with Crippen LogP contribution in [-0.4, -0.2) is 34.1 Å². The number of fused-ring (bicyclic) bond motifs is 1. The third-order valence-electron chi connectivity index (χ3n) is 4.75. The maximum Gasteiger partial charge on any atom is 0.344 e. The molecule has 138 valence electrons. The molecule has 1 aliphatic heterocycles. The first kappa shape index (κ1) is 17.9. The number of aromatic nitrogens is 2. The number of methoxy groups -OCH3 is 1. The molecule has 26 heavy (non-hydrogen) atoms. The Morgan fingerprint density at radius 1 is 1.38 bits per heavy atom. The molecule has 2 aromatic rings. The summed E-state index contributed by atoms with van der Waals surface area (Å²) in [7, 11) is 3.26. The third kappa shape index (κ3) is 3.02. The van der Waals surface area contributed by atoms with Crippen molar-refractivity contribution in [1.29, 1.82) is 0 Å². The summed E-state index contributed by atoms with van der Waals surface area (Å²) in [5, 5.41) is 11.2. The molecule has 1 aromatic heterocycles. The van der Waals surface area contributed by atoms with Crippen molar-refractivity contribution >= 4 is 17.3 Å². The molecule has 0 amide bonds. The molecular formula is C18H22N4O4. The second kappa shape index (κ2) is 6.78. The van der Waals surface area contributed by atoms with Gasteiger partial charge in [0.2, 0.25) is 0 Å². The maximum atomic E-state index is 11.9. The number of benzene rings is 1. The molecule has 1 aliphatic rings. The molecule has 3 rings (SSSR count). The van der Waals surface area contributed by atoms with Gasteiger partial charge in [-0.2, -0.15) is 0 Å². The zero-order chi connectivity index (χ0) is 19.0. The molecule has 0 aliphatic carbocycles. The monoisotopic (exact) mass is 358 g/mol. The van der Waals surface area contributed by atoms with Gasteiger partial charge in [-0.25, -0.2) is 9.78 Å². The minimum Gasteiger partial charge on any atom is -0.465 e. The van der Waals surface area contributed by atoms with Crippen molar-refractivity contribution in [2.45, 2.75) is 32.7 Å². The first-order valence-corrected chi connectivity index (χ1v) is 8.49. The van der Waals surface area contributed by atoms with E-state index in [9.17, 15) is 14.9 Å². The molecule has 0 unspecified atom stereocenters. The molecule has 0 N–H and O–H groups in total. The Hall–Kier alpha value is -2.90. The van der Waals surface area contributed by atoms with Crippen LogP contribution in [0.2, 0.25) is 0 Å². The number of rotatable bonds is 4. The van der Waals surface area contributed by atoms with E-state index in [1.54, 1.807) is 6.07 Å². The highest BCUT2D eigenvalue weighted by Crippen LogP contribution is 2.30. The number of ether oxygens (including phenoxy) is 1. The summed E-state index contributed by atoms with van der Waals surface area (Å²) in [5.41, 5.74) is 2.70. The van der Waals surface area contributed by atoms with Gasteiger partial charge in [0, 0.05) is 43.4 Å². The molecule has 0 fully saturated rings. The van der Waals surface area contributed by atoms with Gasteiger partial charge in [-0.3, -0.25) is 10.1 Å². The van der Waals surface area contributed by atoms with Gasteiger partial charge < -0.3 is 14.2 Å². The van der Waals surface area contributed by atoms with Crippen LogP contribution in [0.5, 0.6) is 0 Å². The molecule has 0 atom stereocenters. The first-order valence-electron chi connectivity index (χ1n) is 8.49. The molecule has 1 aromatic carbocycles. The summed E-state index contributed by atoms with van der Waals surface area (Å²) in [6.45, 7) is 5.59. The number of nitrogens with zero attached hydrogens (tertiary/aromatic N) is 4. The highest BCUT2D eigenvalue weighted by Gasteiger charge is 2.27. The predicted octanol–water partition coefficient (Wildman–Crippen LogP) is 2.80. The Morgan fingerprint density at radius 2 is 2.12 bits per heavy atom. The van der Waals surface area contributed by atoms with Crippen molar-refractivity contribution in [2.24, 2.45) is 7.05 Å². The molecule has 0 saturated carbocycles. The number of anilines is 1. The SMILES string of the molecule is COC(=O)c1cc(N2CCc3c(nc(C(C)C)n3C)C2)ccc1[N+](=O)[O-]. The van der Waals surface area contributed by atoms with Crippen LogP contribution >= 0.6 is 0 Å². The molecule has 8 nitrogen and oxygen atoms in total. The smallest absolute Gasteiger partial charge is 0.344 e. The van der Waals surface area contributed by atoms with Gasteiger partial charge in [0.15, 0.2) is 0 Å². The van der Waals surface area contributed by atoms with Crippen LogP contribution in [0.25, 0.3) is 0 Å². The van der Waals surface area contributed by atoms with E-state index in [0.29, 0.717) is 12.5 Å². The molecular weight excluding hydrogens is 336 g/mol. The van der Waals surface area contributed by atoms with Crippen LogP contribution in [-0.2, 0) is 24.8 Å². The summed E-state index contributed by atoms with van der Waals surface area (Å²) in [6, 6.07) is 4.55. The van der Waals surface area contributed by atoms with E-state index >= 15 is 0 Å². The van der Waals surface area contributed by atoms with Crippen molar-refractivity contribution < 1.29 is 14.5 Å².